The highest BCUT2D eigenvalue weighted by atomic mass is 15.1. The van der Waals surface area contributed by atoms with Gasteiger partial charge in [0.25, 0.3) is 0 Å². The average Bonchev–Trinajstić information content (AvgIpc) is 2.53. The summed E-state index contributed by atoms with van der Waals surface area (Å²) in [5, 5.41) is 6.50. The van der Waals surface area contributed by atoms with Crippen LogP contribution in [0.25, 0.3) is 0 Å². The summed E-state index contributed by atoms with van der Waals surface area (Å²) in [6, 6.07) is 14.0. The van der Waals surface area contributed by atoms with Gasteiger partial charge in [-0.15, -0.1) is 0 Å². The fourth-order valence-electron chi connectivity index (χ4n) is 2.38. The molecule has 0 bridgehead atoms. The predicted octanol–water partition coefficient (Wildman–Crippen LogP) is 3.84. The van der Waals surface area contributed by atoms with Gasteiger partial charge in [0.2, 0.25) is 5.95 Å². The third-order valence-electron chi connectivity index (χ3n) is 3.31. The number of anilines is 3. The summed E-state index contributed by atoms with van der Waals surface area (Å²) in [7, 11) is 0. The lowest BCUT2D eigenvalue weighted by Gasteiger charge is -2.09. The van der Waals surface area contributed by atoms with E-state index in [-0.39, 0.29) is 0 Å². The molecule has 2 heterocycles. The highest BCUT2D eigenvalue weighted by Gasteiger charge is 2.02. The largest absolute Gasteiger partial charge is 0.364 e. The zero-order valence-corrected chi connectivity index (χ0v) is 13.2. The Morgan fingerprint density at radius 3 is 2.48 bits per heavy atom. The molecule has 3 aromatic rings. The first-order chi connectivity index (χ1) is 11.2. The smallest absolute Gasteiger partial charge is 0.229 e. The van der Waals surface area contributed by atoms with Crippen LogP contribution in [-0.2, 0) is 6.54 Å². The van der Waals surface area contributed by atoms with Gasteiger partial charge in [0.15, 0.2) is 0 Å². The minimum absolute atomic E-state index is 0.570. The zero-order valence-electron chi connectivity index (χ0n) is 13.2. The lowest BCUT2D eigenvalue weighted by atomic mass is 10.1. The van der Waals surface area contributed by atoms with Crippen LogP contribution in [0.1, 0.15) is 16.8 Å². The van der Waals surface area contributed by atoms with Crippen molar-refractivity contribution in [1.29, 1.82) is 0 Å². The Balaban J connectivity index is 1.69. The fraction of sp³-hybridized carbons (Fsp3) is 0.167. The number of rotatable bonds is 5. The van der Waals surface area contributed by atoms with Gasteiger partial charge in [-0.3, -0.25) is 4.98 Å². The van der Waals surface area contributed by atoms with Crippen LogP contribution in [0.15, 0.2) is 54.9 Å². The van der Waals surface area contributed by atoms with Crippen LogP contribution in [0.2, 0.25) is 0 Å². The van der Waals surface area contributed by atoms with Gasteiger partial charge < -0.3 is 10.6 Å². The molecule has 0 saturated heterocycles. The van der Waals surface area contributed by atoms with Gasteiger partial charge in [-0.05, 0) is 55.3 Å². The Morgan fingerprint density at radius 2 is 1.74 bits per heavy atom. The normalized spacial score (nSPS) is 10.3. The Labute approximate surface area is 135 Å². The highest BCUT2D eigenvalue weighted by Crippen LogP contribution is 2.18. The van der Waals surface area contributed by atoms with E-state index >= 15 is 0 Å². The van der Waals surface area contributed by atoms with Crippen LogP contribution in [-0.4, -0.2) is 15.0 Å². The van der Waals surface area contributed by atoms with Crippen LogP contribution in [0.4, 0.5) is 17.5 Å². The molecule has 5 heteroatoms. The van der Waals surface area contributed by atoms with Crippen molar-refractivity contribution in [2.24, 2.45) is 0 Å². The molecule has 2 aromatic heterocycles. The number of pyridine rings is 1. The second-order valence-corrected chi connectivity index (χ2v) is 5.44. The van der Waals surface area contributed by atoms with Crippen LogP contribution in [0, 0.1) is 13.8 Å². The van der Waals surface area contributed by atoms with Gasteiger partial charge >= 0.3 is 0 Å². The maximum absolute atomic E-state index is 4.48. The van der Waals surface area contributed by atoms with Crippen LogP contribution < -0.4 is 10.6 Å². The number of nitrogens with zero attached hydrogens (tertiary/aromatic N) is 3. The molecule has 0 aliphatic carbocycles. The van der Waals surface area contributed by atoms with Crippen molar-refractivity contribution in [3.8, 4) is 0 Å². The van der Waals surface area contributed by atoms with Crippen molar-refractivity contribution in [3.05, 3.63) is 71.7 Å². The van der Waals surface area contributed by atoms with Gasteiger partial charge in [-0.25, -0.2) is 4.98 Å². The first-order valence-electron chi connectivity index (χ1n) is 7.51. The predicted molar refractivity (Wildman–Crippen MR) is 92.8 cm³/mol. The maximum Gasteiger partial charge on any atom is 0.229 e. The van der Waals surface area contributed by atoms with Gasteiger partial charge in [0, 0.05) is 18.1 Å². The summed E-state index contributed by atoms with van der Waals surface area (Å²) >= 11 is 0. The third-order valence-corrected chi connectivity index (χ3v) is 3.31. The summed E-state index contributed by atoms with van der Waals surface area (Å²) in [5.41, 5.74) is 4.37. The highest BCUT2D eigenvalue weighted by molar-refractivity contribution is 5.57. The van der Waals surface area contributed by atoms with E-state index in [0.29, 0.717) is 12.5 Å². The monoisotopic (exact) mass is 305 g/mol. The van der Waals surface area contributed by atoms with Crippen LogP contribution >= 0.6 is 0 Å². The SMILES string of the molecule is Cc1cc(C)cc(Nc2nccc(NCc3ccccn3)n2)c1. The van der Waals surface area contributed by atoms with E-state index in [9.17, 15) is 0 Å². The Bertz CT molecular complexity index is 766. The number of aromatic nitrogens is 3. The Hall–Kier alpha value is -2.95. The summed E-state index contributed by atoms with van der Waals surface area (Å²) < 4.78 is 0. The molecule has 0 fully saturated rings. The molecule has 0 saturated carbocycles. The van der Waals surface area contributed by atoms with E-state index in [1.807, 2.05) is 24.3 Å². The van der Waals surface area contributed by atoms with Crippen molar-refractivity contribution in [2.45, 2.75) is 20.4 Å². The van der Waals surface area contributed by atoms with Gasteiger partial charge in [-0.2, -0.15) is 4.98 Å². The van der Waals surface area contributed by atoms with Crippen molar-refractivity contribution >= 4 is 17.5 Å². The summed E-state index contributed by atoms with van der Waals surface area (Å²) in [6.07, 6.45) is 3.52. The molecule has 23 heavy (non-hydrogen) atoms. The minimum atomic E-state index is 0.570. The molecule has 2 N–H and O–H groups in total. The van der Waals surface area contributed by atoms with Crippen molar-refractivity contribution in [3.63, 3.8) is 0 Å². The fourth-order valence-corrected chi connectivity index (χ4v) is 2.38. The zero-order chi connectivity index (χ0) is 16.1. The molecule has 0 unspecified atom stereocenters. The number of benzene rings is 1. The molecule has 5 nitrogen and oxygen atoms in total. The number of nitrogens with one attached hydrogen (secondary N) is 2. The van der Waals surface area contributed by atoms with E-state index < -0.39 is 0 Å². The van der Waals surface area contributed by atoms with Crippen molar-refractivity contribution < 1.29 is 0 Å². The second kappa shape index (κ2) is 6.87. The quantitative estimate of drug-likeness (QED) is 0.750. The molecule has 116 valence electrons. The molecule has 0 aliphatic rings. The molecular weight excluding hydrogens is 286 g/mol. The van der Waals surface area contributed by atoms with Gasteiger partial charge in [-0.1, -0.05) is 12.1 Å². The number of hydrogen-bond donors (Lipinski definition) is 2. The molecule has 3 rings (SSSR count). The molecular formula is C18H19N5. The summed E-state index contributed by atoms with van der Waals surface area (Å²) in [6.45, 7) is 4.77. The Kier molecular flexibility index (Phi) is 4.47. The lowest BCUT2D eigenvalue weighted by Crippen LogP contribution is -2.05. The molecule has 1 aromatic carbocycles. The molecule has 0 amide bonds. The van der Waals surface area contributed by atoms with Gasteiger partial charge in [0.1, 0.15) is 5.82 Å². The number of aryl methyl sites for hydroxylation is 2. The van der Waals surface area contributed by atoms with E-state index in [4.69, 9.17) is 0 Å². The van der Waals surface area contributed by atoms with Crippen molar-refractivity contribution in [2.75, 3.05) is 10.6 Å². The number of hydrogen-bond acceptors (Lipinski definition) is 5. The molecule has 0 atom stereocenters. The minimum Gasteiger partial charge on any atom is -0.364 e. The lowest BCUT2D eigenvalue weighted by molar-refractivity contribution is 1.02. The molecule has 0 spiro atoms. The van der Waals surface area contributed by atoms with E-state index in [1.54, 1.807) is 12.4 Å². The first-order valence-corrected chi connectivity index (χ1v) is 7.51. The summed E-state index contributed by atoms with van der Waals surface area (Å²) in [4.78, 5) is 13.0. The third kappa shape index (κ3) is 4.26. The maximum atomic E-state index is 4.48. The molecule has 0 aliphatic heterocycles. The second-order valence-electron chi connectivity index (χ2n) is 5.44. The van der Waals surface area contributed by atoms with E-state index in [1.165, 1.54) is 11.1 Å². The van der Waals surface area contributed by atoms with E-state index in [0.717, 1.165) is 17.2 Å². The van der Waals surface area contributed by atoms with Crippen LogP contribution in [0.3, 0.4) is 0 Å². The first kappa shape index (κ1) is 15.0. The standard InChI is InChI=1S/C18H19N5/c1-13-9-14(2)11-16(10-13)22-18-20-8-6-17(23-18)21-12-15-5-3-4-7-19-15/h3-11H,12H2,1-2H3,(H2,20,21,22,23). The average molecular weight is 305 g/mol. The topological polar surface area (TPSA) is 62.7 Å². The van der Waals surface area contributed by atoms with Crippen LogP contribution in [0.5, 0.6) is 0 Å². The molecule has 0 radical (unpaired) electrons. The van der Waals surface area contributed by atoms with Gasteiger partial charge in [0.05, 0.1) is 12.2 Å². The van der Waals surface area contributed by atoms with Crippen molar-refractivity contribution in [1.82, 2.24) is 15.0 Å². The van der Waals surface area contributed by atoms with E-state index in [2.05, 4.69) is 57.6 Å². The Morgan fingerprint density at radius 1 is 0.913 bits per heavy atom. The summed E-state index contributed by atoms with van der Waals surface area (Å²) in [5.74, 6) is 1.33.